The van der Waals surface area contributed by atoms with Crippen molar-refractivity contribution in [3.63, 3.8) is 0 Å². The highest BCUT2D eigenvalue weighted by atomic mass is 16.3. The standard InChI is InChI=1S/C42H24N2O/c1-2-11-25(12-3-1)43-34-18-8-6-15-28(34)32-21-22-33-29-16-7-9-19-35(29)44(41(33)40(32)43)36-24-23-31-27-14-5-4-13-26(27)30-17-10-20-37-38(30)39(31)42(36)45-37/h1-24H. The van der Waals surface area contributed by atoms with E-state index in [1.54, 1.807) is 0 Å². The molecule has 0 atom stereocenters. The summed E-state index contributed by atoms with van der Waals surface area (Å²) in [5, 5.41) is 12.3. The van der Waals surface area contributed by atoms with E-state index in [1.165, 1.54) is 70.4 Å². The zero-order valence-corrected chi connectivity index (χ0v) is 24.2. The van der Waals surface area contributed by atoms with Crippen LogP contribution in [-0.2, 0) is 0 Å². The van der Waals surface area contributed by atoms with Gasteiger partial charge >= 0.3 is 0 Å². The van der Waals surface area contributed by atoms with E-state index in [4.69, 9.17) is 4.42 Å². The number of fused-ring (bicyclic) bond motifs is 10. The fraction of sp³-hybridized carbons (Fsp3) is 0. The van der Waals surface area contributed by atoms with Crippen LogP contribution in [0.1, 0.15) is 0 Å². The molecule has 0 amide bonds. The molecule has 3 aromatic heterocycles. The van der Waals surface area contributed by atoms with Gasteiger partial charge in [0.05, 0.1) is 27.8 Å². The Morgan fingerprint density at radius 3 is 1.60 bits per heavy atom. The van der Waals surface area contributed by atoms with Gasteiger partial charge in [-0.15, -0.1) is 0 Å². The molecule has 0 N–H and O–H groups in total. The largest absolute Gasteiger partial charge is 0.454 e. The van der Waals surface area contributed by atoms with E-state index in [9.17, 15) is 0 Å². The summed E-state index contributed by atoms with van der Waals surface area (Å²) in [6.45, 7) is 0. The van der Waals surface area contributed by atoms with Crippen LogP contribution in [0, 0.1) is 0 Å². The van der Waals surface area contributed by atoms with Gasteiger partial charge in [0.2, 0.25) is 0 Å². The van der Waals surface area contributed by atoms with Crippen molar-refractivity contribution in [1.29, 1.82) is 0 Å². The van der Waals surface area contributed by atoms with Crippen LogP contribution in [0.5, 0.6) is 0 Å². The lowest BCUT2D eigenvalue weighted by molar-refractivity contribution is 0.667. The first-order chi connectivity index (χ1) is 22.4. The Balaban J connectivity index is 1.40. The lowest BCUT2D eigenvalue weighted by Crippen LogP contribution is -1.99. The molecule has 11 rings (SSSR count). The molecular formula is C42H24N2O. The molecule has 3 nitrogen and oxygen atoms in total. The van der Waals surface area contributed by atoms with Crippen molar-refractivity contribution in [3.8, 4) is 11.4 Å². The van der Waals surface area contributed by atoms with Crippen molar-refractivity contribution in [1.82, 2.24) is 9.13 Å². The molecule has 0 saturated heterocycles. The average molecular weight is 573 g/mol. The Kier molecular flexibility index (Phi) is 4.32. The molecule has 0 fully saturated rings. The molecule has 208 valence electrons. The lowest BCUT2D eigenvalue weighted by atomic mass is 9.94. The third kappa shape index (κ3) is 2.86. The average Bonchev–Trinajstić information content (AvgIpc) is 3.77. The molecule has 3 heteroatoms. The molecule has 0 radical (unpaired) electrons. The highest BCUT2D eigenvalue weighted by Gasteiger charge is 2.25. The normalized spacial score (nSPS) is 12.4. The van der Waals surface area contributed by atoms with Crippen molar-refractivity contribution >= 4 is 87.1 Å². The Labute approximate surface area is 257 Å². The summed E-state index contributed by atoms with van der Waals surface area (Å²) in [6.07, 6.45) is 0. The smallest absolute Gasteiger partial charge is 0.160 e. The molecule has 11 aromatic rings. The Morgan fingerprint density at radius 2 is 0.889 bits per heavy atom. The first-order valence-corrected chi connectivity index (χ1v) is 15.5. The Hall–Kier alpha value is -6.06. The number of para-hydroxylation sites is 3. The summed E-state index contributed by atoms with van der Waals surface area (Å²) in [5.41, 5.74) is 8.79. The quantitative estimate of drug-likeness (QED) is 0.189. The molecule has 0 aliphatic carbocycles. The fourth-order valence-corrected chi connectivity index (χ4v) is 8.08. The molecular weight excluding hydrogens is 548 g/mol. The summed E-state index contributed by atoms with van der Waals surface area (Å²) in [4.78, 5) is 0. The molecule has 3 heterocycles. The topological polar surface area (TPSA) is 23.0 Å². The Bertz CT molecular complexity index is 2970. The first kappa shape index (κ1) is 23.4. The molecule has 0 unspecified atom stereocenters. The minimum absolute atomic E-state index is 0.923. The summed E-state index contributed by atoms with van der Waals surface area (Å²) in [5.74, 6) is 0. The number of hydrogen-bond donors (Lipinski definition) is 0. The molecule has 8 aromatic carbocycles. The van der Waals surface area contributed by atoms with Gasteiger partial charge in [-0.3, -0.25) is 0 Å². The maximum absolute atomic E-state index is 6.90. The molecule has 0 saturated carbocycles. The molecule has 45 heavy (non-hydrogen) atoms. The number of furan rings is 1. The minimum atomic E-state index is 0.923. The first-order valence-electron chi connectivity index (χ1n) is 15.5. The highest BCUT2D eigenvalue weighted by Crippen LogP contribution is 2.47. The summed E-state index contributed by atoms with van der Waals surface area (Å²) >= 11 is 0. The summed E-state index contributed by atoms with van der Waals surface area (Å²) < 4.78 is 11.8. The zero-order chi connectivity index (χ0) is 29.2. The van der Waals surface area contributed by atoms with E-state index in [0.29, 0.717) is 0 Å². The third-order valence-corrected chi connectivity index (χ3v) is 9.86. The molecule has 0 aliphatic heterocycles. The summed E-state index contributed by atoms with van der Waals surface area (Å²) in [6, 6.07) is 52.6. The molecule has 0 spiro atoms. The van der Waals surface area contributed by atoms with Crippen molar-refractivity contribution in [2.24, 2.45) is 0 Å². The number of rotatable bonds is 2. The number of benzene rings is 8. The second-order valence-electron chi connectivity index (χ2n) is 12.1. The van der Waals surface area contributed by atoms with Gasteiger partial charge in [-0.1, -0.05) is 109 Å². The van der Waals surface area contributed by atoms with Crippen molar-refractivity contribution in [2.75, 3.05) is 0 Å². The zero-order valence-electron chi connectivity index (χ0n) is 24.2. The number of hydrogen-bond acceptors (Lipinski definition) is 1. The highest BCUT2D eigenvalue weighted by molar-refractivity contribution is 6.34. The Morgan fingerprint density at radius 1 is 0.356 bits per heavy atom. The van der Waals surface area contributed by atoms with Crippen LogP contribution in [0.2, 0.25) is 0 Å². The SMILES string of the molecule is c1ccc(-n2c3ccccc3c3ccc4c5ccccc5n(-c5ccc6c7ccccc7c7cccc8oc5c6c87)c4c32)cc1. The van der Waals surface area contributed by atoms with E-state index in [0.717, 1.165) is 28.1 Å². The van der Waals surface area contributed by atoms with Crippen LogP contribution in [0.25, 0.3) is 98.5 Å². The predicted molar refractivity (Wildman–Crippen MR) is 189 cm³/mol. The number of nitrogens with zero attached hydrogens (tertiary/aromatic N) is 2. The second-order valence-corrected chi connectivity index (χ2v) is 12.1. The van der Waals surface area contributed by atoms with E-state index >= 15 is 0 Å². The van der Waals surface area contributed by atoms with Gasteiger partial charge < -0.3 is 13.6 Å². The minimum Gasteiger partial charge on any atom is -0.454 e. The molecule has 0 bridgehead atoms. The van der Waals surface area contributed by atoms with Crippen molar-refractivity contribution < 1.29 is 4.42 Å². The maximum atomic E-state index is 6.90. The maximum Gasteiger partial charge on any atom is 0.160 e. The van der Waals surface area contributed by atoms with Crippen LogP contribution in [0.15, 0.2) is 150 Å². The third-order valence-electron chi connectivity index (χ3n) is 9.86. The van der Waals surface area contributed by atoms with Gasteiger partial charge in [-0.2, -0.15) is 0 Å². The van der Waals surface area contributed by atoms with Crippen LogP contribution in [0.3, 0.4) is 0 Å². The van der Waals surface area contributed by atoms with E-state index in [2.05, 4.69) is 155 Å². The van der Waals surface area contributed by atoms with Crippen LogP contribution in [-0.4, -0.2) is 9.13 Å². The predicted octanol–water partition coefficient (Wildman–Crippen LogP) is 11.5. The van der Waals surface area contributed by atoms with Gasteiger partial charge in [-0.05, 0) is 57.9 Å². The van der Waals surface area contributed by atoms with Gasteiger partial charge in [0.15, 0.2) is 5.58 Å². The van der Waals surface area contributed by atoms with Crippen LogP contribution >= 0.6 is 0 Å². The van der Waals surface area contributed by atoms with Gasteiger partial charge in [-0.25, -0.2) is 0 Å². The lowest BCUT2D eigenvalue weighted by Gasteiger charge is -2.14. The van der Waals surface area contributed by atoms with Crippen LogP contribution < -0.4 is 0 Å². The second kappa shape index (κ2) is 8.31. The van der Waals surface area contributed by atoms with Gasteiger partial charge in [0.25, 0.3) is 0 Å². The monoisotopic (exact) mass is 572 g/mol. The van der Waals surface area contributed by atoms with Crippen molar-refractivity contribution in [3.05, 3.63) is 146 Å². The van der Waals surface area contributed by atoms with Crippen molar-refractivity contribution in [2.45, 2.75) is 0 Å². The fourth-order valence-electron chi connectivity index (χ4n) is 8.08. The van der Waals surface area contributed by atoms with E-state index in [1.807, 2.05) is 0 Å². The molecule has 0 aliphatic rings. The number of aromatic nitrogens is 2. The summed E-state index contributed by atoms with van der Waals surface area (Å²) in [7, 11) is 0. The van der Waals surface area contributed by atoms with E-state index in [-0.39, 0.29) is 0 Å². The van der Waals surface area contributed by atoms with Gasteiger partial charge in [0.1, 0.15) is 5.58 Å². The van der Waals surface area contributed by atoms with Crippen LogP contribution in [0.4, 0.5) is 0 Å². The van der Waals surface area contributed by atoms with E-state index < -0.39 is 0 Å². The van der Waals surface area contributed by atoms with Gasteiger partial charge in [0, 0.05) is 38.0 Å².